The van der Waals surface area contributed by atoms with Crippen molar-refractivity contribution in [2.24, 2.45) is 7.05 Å². The van der Waals surface area contributed by atoms with Crippen LogP contribution in [0.25, 0.3) is 0 Å². The molecule has 0 bridgehead atoms. The van der Waals surface area contributed by atoms with E-state index in [9.17, 15) is 0 Å². The smallest absolute Gasteiger partial charge is 0.108 e. The van der Waals surface area contributed by atoms with E-state index < -0.39 is 0 Å². The zero-order valence-electron chi connectivity index (χ0n) is 11.7. The van der Waals surface area contributed by atoms with Crippen LogP contribution in [0.4, 0.5) is 0 Å². The standard InChI is InChI=1S/C15H19Cl2N3/c1-3-18-14(4-5-15-19-6-7-20(15)2)11-8-12(16)10-13(17)9-11/h6-10,14,18H,3-5H2,1-2H3. The lowest BCUT2D eigenvalue weighted by atomic mass is 10.0. The molecule has 0 spiro atoms. The molecule has 1 aromatic heterocycles. The Morgan fingerprint density at radius 3 is 2.50 bits per heavy atom. The van der Waals surface area contributed by atoms with E-state index >= 15 is 0 Å². The number of nitrogens with zero attached hydrogens (tertiary/aromatic N) is 2. The fraction of sp³-hybridized carbons (Fsp3) is 0.400. The summed E-state index contributed by atoms with van der Waals surface area (Å²) in [5.74, 6) is 1.08. The Hall–Kier alpha value is -1.03. The van der Waals surface area contributed by atoms with E-state index in [-0.39, 0.29) is 6.04 Å². The summed E-state index contributed by atoms with van der Waals surface area (Å²) in [6, 6.07) is 5.93. The summed E-state index contributed by atoms with van der Waals surface area (Å²) in [4.78, 5) is 4.36. The second-order valence-corrected chi connectivity index (χ2v) is 5.68. The molecule has 0 saturated carbocycles. The number of hydrogen-bond donors (Lipinski definition) is 1. The van der Waals surface area contributed by atoms with E-state index in [4.69, 9.17) is 23.2 Å². The molecule has 2 rings (SSSR count). The van der Waals surface area contributed by atoms with Gasteiger partial charge in [-0.15, -0.1) is 0 Å². The van der Waals surface area contributed by atoms with Crippen LogP contribution in [0.1, 0.15) is 30.8 Å². The molecule has 1 heterocycles. The van der Waals surface area contributed by atoms with Gasteiger partial charge in [-0.2, -0.15) is 0 Å². The number of hydrogen-bond acceptors (Lipinski definition) is 2. The number of halogens is 2. The lowest BCUT2D eigenvalue weighted by Crippen LogP contribution is -2.22. The van der Waals surface area contributed by atoms with Gasteiger partial charge in [-0.05, 0) is 36.7 Å². The van der Waals surface area contributed by atoms with Gasteiger partial charge >= 0.3 is 0 Å². The predicted molar refractivity (Wildman–Crippen MR) is 84.4 cm³/mol. The maximum absolute atomic E-state index is 6.09. The average Bonchev–Trinajstić information content (AvgIpc) is 2.79. The lowest BCUT2D eigenvalue weighted by molar-refractivity contribution is 0.506. The summed E-state index contributed by atoms with van der Waals surface area (Å²) >= 11 is 12.2. The van der Waals surface area contributed by atoms with Crippen molar-refractivity contribution in [2.45, 2.75) is 25.8 Å². The van der Waals surface area contributed by atoms with Crippen LogP contribution < -0.4 is 5.32 Å². The molecule has 0 aliphatic rings. The van der Waals surface area contributed by atoms with Gasteiger partial charge in [0.15, 0.2) is 0 Å². The summed E-state index contributed by atoms with van der Waals surface area (Å²) in [5.41, 5.74) is 1.12. The Balaban J connectivity index is 2.12. The topological polar surface area (TPSA) is 29.9 Å². The SMILES string of the molecule is CCNC(CCc1nccn1C)c1cc(Cl)cc(Cl)c1. The van der Waals surface area contributed by atoms with Gasteiger partial charge in [-0.25, -0.2) is 4.98 Å². The first kappa shape index (κ1) is 15.4. The lowest BCUT2D eigenvalue weighted by Gasteiger charge is -2.19. The Morgan fingerprint density at radius 2 is 1.95 bits per heavy atom. The van der Waals surface area contributed by atoms with Crippen LogP contribution in [0.3, 0.4) is 0 Å². The molecule has 5 heteroatoms. The predicted octanol–water partition coefficient (Wildman–Crippen LogP) is 4.01. The molecule has 1 N–H and O–H groups in total. The van der Waals surface area contributed by atoms with Crippen molar-refractivity contribution >= 4 is 23.2 Å². The second kappa shape index (κ2) is 7.11. The van der Waals surface area contributed by atoms with Crippen LogP contribution in [0.5, 0.6) is 0 Å². The molecule has 0 aliphatic carbocycles. The number of rotatable bonds is 6. The zero-order chi connectivity index (χ0) is 14.5. The highest BCUT2D eigenvalue weighted by molar-refractivity contribution is 6.34. The molecular weight excluding hydrogens is 293 g/mol. The maximum Gasteiger partial charge on any atom is 0.108 e. The van der Waals surface area contributed by atoms with Gasteiger partial charge in [0.25, 0.3) is 0 Å². The van der Waals surface area contributed by atoms with Gasteiger partial charge in [0, 0.05) is 41.9 Å². The number of nitrogens with one attached hydrogen (secondary N) is 1. The molecule has 0 radical (unpaired) electrons. The van der Waals surface area contributed by atoms with Crippen LogP contribution in [0, 0.1) is 0 Å². The molecule has 20 heavy (non-hydrogen) atoms. The number of aryl methyl sites for hydroxylation is 2. The summed E-state index contributed by atoms with van der Waals surface area (Å²) < 4.78 is 2.05. The van der Waals surface area contributed by atoms with Crippen LogP contribution >= 0.6 is 23.2 Å². The molecule has 2 aromatic rings. The Kier molecular flexibility index (Phi) is 5.46. The zero-order valence-corrected chi connectivity index (χ0v) is 13.2. The van der Waals surface area contributed by atoms with Crippen molar-refractivity contribution in [3.05, 3.63) is 52.0 Å². The molecule has 0 saturated heterocycles. The fourth-order valence-electron chi connectivity index (χ4n) is 2.32. The minimum Gasteiger partial charge on any atom is -0.338 e. The summed E-state index contributed by atoms with van der Waals surface area (Å²) in [7, 11) is 2.01. The quantitative estimate of drug-likeness (QED) is 0.873. The molecule has 1 unspecified atom stereocenters. The first-order chi connectivity index (χ1) is 9.60. The molecule has 0 fully saturated rings. The Morgan fingerprint density at radius 1 is 1.25 bits per heavy atom. The normalized spacial score (nSPS) is 12.6. The van der Waals surface area contributed by atoms with Gasteiger partial charge in [0.05, 0.1) is 0 Å². The highest BCUT2D eigenvalue weighted by Gasteiger charge is 2.13. The van der Waals surface area contributed by atoms with E-state index in [2.05, 4.69) is 17.2 Å². The van der Waals surface area contributed by atoms with Gasteiger partial charge in [-0.1, -0.05) is 30.1 Å². The maximum atomic E-state index is 6.09. The van der Waals surface area contributed by atoms with Crippen LogP contribution in [-0.4, -0.2) is 16.1 Å². The number of aromatic nitrogens is 2. The van der Waals surface area contributed by atoms with Crippen LogP contribution in [0.15, 0.2) is 30.6 Å². The molecule has 108 valence electrons. The monoisotopic (exact) mass is 311 g/mol. The summed E-state index contributed by atoms with van der Waals surface area (Å²) in [5, 5.41) is 4.83. The van der Waals surface area contributed by atoms with E-state index in [1.54, 1.807) is 6.07 Å². The van der Waals surface area contributed by atoms with Crippen molar-refractivity contribution in [1.82, 2.24) is 14.9 Å². The van der Waals surface area contributed by atoms with E-state index in [0.29, 0.717) is 10.0 Å². The van der Waals surface area contributed by atoms with Crippen LogP contribution in [-0.2, 0) is 13.5 Å². The molecule has 1 aromatic carbocycles. The van der Waals surface area contributed by atoms with E-state index in [1.807, 2.05) is 36.1 Å². The molecular formula is C15H19Cl2N3. The van der Waals surface area contributed by atoms with Crippen molar-refractivity contribution in [2.75, 3.05) is 6.54 Å². The van der Waals surface area contributed by atoms with E-state index in [0.717, 1.165) is 30.8 Å². The minimum absolute atomic E-state index is 0.230. The molecule has 0 aliphatic heterocycles. The largest absolute Gasteiger partial charge is 0.338 e. The first-order valence-electron chi connectivity index (χ1n) is 6.75. The molecule has 0 amide bonds. The minimum atomic E-state index is 0.230. The average molecular weight is 312 g/mol. The fourth-order valence-corrected chi connectivity index (χ4v) is 2.86. The third kappa shape index (κ3) is 3.98. The van der Waals surface area contributed by atoms with E-state index in [1.165, 1.54) is 0 Å². The highest BCUT2D eigenvalue weighted by Crippen LogP contribution is 2.26. The van der Waals surface area contributed by atoms with Crippen molar-refractivity contribution in [1.29, 1.82) is 0 Å². The highest BCUT2D eigenvalue weighted by atomic mass is 35.5. The van der Waals surface area contributed by atoms with Gasteiger partial charge in [0.1, 0.15) is 5.82 Å². The van der Waals surface area contributed by atoms with Gasteiger partial charge in [0.2, 0.25) is 0 Å². The first-order valence-corrected chi connectivity index (χ1v) is 7.51. The third-order valence-corrected chi connectivity index (χ3v) is 3.75. The van der Waals surface area contributed by atoms with Crippen LogP contribution in [0.2, 0.25) is 10.0 Å². The number of imidazole rings is 1. The molecule has 1 atom stereocenters. The van der Waals surface area contributed by atoms with Crippen molar-refractivity contribution < 1.29 is 0 Å². The van der Waals surface area contributed by atoms with Gasteiger partial charge in [-0.3, -0.25) is 0 Å². The second-order valence-electron chi connectivity index (χ2n) is 4.81. The van der Waals surface area contributed by atoms with Crippen molar-refractivity contribution in [3.8, 4) is 0 Å². The Bertz CT molecular complexity index is 546. The van der Waals surface area contributed by atoms with Crippen molar-refractivity contribution in [3.63, 3.8) is 0 Å². The number of benzene rings is 1. The third-order valence-electron chi connectivity index (χ3n) is 3.32. The summed E-state index contributed by atoms with van der Waals surface area (Å²) in [6.45, 7) is 3.00. The Labute approximate surface area is 129 Å². The molecule has 3 nitrogen and oxygen atoms in total. The van der Waals surface area contributed by atoms with Gasteiger partial charge < -0.3 is 9.88 Å². The summed E-state index contributed by atoms with van der Waals surface area (Å²) in [6.07, 6.45) is 5.66.